The monoisotopic (exact) mass is 371 g/mol. The van der Waals surface area contributed by atoms with E-state index in [9.17, 15) is 4.79 Å². The van der Waals surface area contributed by atoms with Crippen molar-refractivity contribution in [1.29, 1.82) is 0 Å². The summed E-state index contributed by atoms with van der Waals surface area (Å²) in [4.78, 5) is 12.8. The highest BCUT2D eigenvalue weighted by Crippen LogP contribution is 2.32. The smallest absolute Gasteiger partial charge is 0.258 e. The Morgan fingerprint density at radius 1 is 1.04 bits per heavy atom. The number of benzene rings is 2. The van der Waals surface area contributed by atoms with E-state index in [1.807, 2.05) is 30.3 Å². The topological polar surface area (TPSA) is 46.9 Å². The lowest BCUT2D eigenvalue weighted by atomic mass is 10.2. The number of nitrogens with one attached hydrogen (secondary N) is 1. The highest BCUT2D eigenvalue weighted by atomic mass is 35.5. The average Bonchev–Trinajstić information content (AvgIpc) is 3.21. The number of hydrogen-bond acceptors (Lipinski definition) is 2. The van der Waals surface area contributed by atoms with Crippen molar-refractivity contribution in [2.24, 2.45) is 0 Å². The van der Waals surface area contributed by atoms with Gasteiger partial charge >= 0.3 is 0 Å². The molecule has 0 aliphatic heterocycles. The van der Waals surface area contributed by atoms with Crippen LogP contribution in [0.5, 0.6) is 0 Å². The lowest BCUT2D eigenvalue weighted by molar-refractivity contribution is 0.102. The van der Waals surface area contributed by atoms with Gasteiger partial charge in [0.05, 0.1) is 27.0 Å². The van der Waals surface area contributed by atoms with E-state index in [0.29, 0.717) is 16.4 Å². The van der Waals surface area contributed by atoms with Crippen LogP contribution in [0.4, 0.5) is 5.82 Å². The lowest BCUT2D eigenvalue weighted by Crippen LogP contribution is -2.16. The highest BCUT2D eigenvalue weighted by Gasteiger charge is 2.25. The number of halogens is 2. The number of carbonyl (C=O) groups excluding carboxylic acids is 1. The molecule has 4 nitrogen and oxygen atoms in total. The summed E-state index contributed by atoms with van der Waals surface area (Å²) in [5.74, 6) is 0.416. The molecule has 0 unspecified atom stereocenters. The maximum absolute atomic E-state index is 12.8. The normalized spacial score (nSPS) is 12.9. The summed E-state index contributed by atoms with van der Waals surface area (Å²) in [5.41, 5.74) is 3.39. The Morgan fingerprint density at radius 2 is 1.84 bits per heavy atom. The molecule has 4 rings (SSSR count). The van der Waals surface area contributed by atoms with E-state index in [1.165, 1.54) is 0 Å². The van der Waals surface area contributed by atoms with Crippen molar-refractivity contribution in [2.75, 3.05) is 5.32 Å². The van der Waals surface area contributed by atoms with Gasteiger partial charge in [0.15, 0.2) is 0 Å². The van der Waals surface area contributed by atoms with Crippen LogP contribution in [0.1, 0.15) is 28.0 Å². The lowest BCUT2D eigenvalue weighted by Gasteiger charge is -2.12. The number of carbonyl (C=O) groups is 1. The zero-order valence-corrected chi connectivity index (χ0v) is 14.8. The summed E-state index contributed by atoms with van der Waals surface area (Å²) in [6.07, 6.45) is 2.88. The molecule has 3 aromatic rings. The number of aryl methyl sites for hydroxylation is 1. The molecule has 0 spiro atoms. The molecule has 0 bridgehead atoms. The van der Waals surface area contributed by atoms with Crippen LogP contribution in [-0.4, -0.2) is 15.7 Å². The minimum absolute atomic E-state index is 0.254. The van der Waals surface area contributed by atoms with Gasteiger partial charge < -0.3 is 5.32 Å². The summed E-state index contributed by atoms with van der Waals surface area (Å²) in [5, 5.41) is 8.29. The largest absolute Gasteiger partial charge is 0.306 e. The molecule has 25 heavy (non-hydrogen) atoms. The first kappa shape index (κ1) is 16.2. The third kappa shape index (κ3) is 2.92. The number of para-hydroxylation sites is 1. The van der Waals surface area contributed by atoms with E-state index in [2.05, 4.69) is 5.32 Å². The van der Waals surface area contributed by atoms with Gasteiger partial charge in [0, 0.05) is 5.56 Å². The zero-order chi connectivity index (χ0) is 17.4. The van der Waals surface area contributed by atoms with Crippen LogP contribution in [-0.2, 0) is 12.8 Å². The molecule has 0 fully saturated rings. The number of nitrogens with zero attached hydrogens (tertiary/aromatic N) is 2. The minimum Gasteiger partial charge on any atom is -0.306 e. The number of fused-ring (bicyclic) bond motifs is 1. The van der Waals surface area contributed by atoms with Crippen molar-refractivity contribution in [1.82, 2.24) is 9.78 Å². The quantitative estimate of drug-likeness (QED) is 0.709. The van der Waals surface area contributed by atoms with Crippen LogP contribution < -0.4 is 5.32 Å². The van der Waals surface area contributed by atoms with Gasteiger partial charge in [-0.3, -0.25) is 4.79 Å². The van der Waals surface area contributed by atoms with Gasteiger partial charge in [0.1, 0.15) is 5.82 Å². The third-order valence-corrected chi connectivity index (χ3v) is 5.15. The standard InChI is InChI=1S/C19H15Cl2N3O/c20-15-10-4-9-14(17(15)21)19(25)22-18-13-8-5-11-16(13)23-24(18)12-6-2-1-3-7-12/h1-4,6-7,9-10H,5,8,11H2,(H,22,25). The Morgan fingerprint density at radius 3 is 2.64 bits per heavy atom. The van der Waals surface area contributed by atoms with E-state index in [1.54, 1.807) is 22.9 Å². The third-order valence-electron chi connectivity index (χ3n) is 4.34. The summed E-state index contributed by atoms with van der Waals surface area (Å²) < 4.78 is 1.79. The molecule has 0 saturated heterocycles. The van der Waals surface area contributed by atoms with E-state index >= 15 is 0 Å². The fraction of sp³-hybridized carbons (Fsp3) is 0.158. The first-order valence-corrected chi connectivity index (χ1v) is 8.82. The number of rotatable bonds is 3. The van der Waals surface area contributed by atoms with Crippen LogP contribution in [0.25, 0.3) is 5.69 Å². The first-order chi connectivity index (χ1) is 12.1. The number of hydrogen-bond donors (Lipinski definition) is 1. The minimum atomic E-state index is -0.292. The fourth-order valence-corrected chi connectivity index (χ4v) is 3.52. The predicted molar refractivity (Wildman–Crippen MR) is 100 cm³/mol. The molecule has 1 N–H and O–H groups in total. The first-order valence-electron chi connectivity index (χ1n) is 8.06. The molecule has 1 aliphatic carbocycles. The fourth-order valence-electron chi connectivity index (χ4n) is 3.13. The second-order valence-electron chi connectivity index (χ2n) is 5.93. The molecule has 2 aromatic carbocycles. The molecule has 1 heterocycles. The molecule has 0 radical (unpaired) electrons. The molecule has 0 atom stereocenters. The Kier molecular flexibility index (Phi) is 4.24. The Balaban J connectivity index is 1.75. The van der Waals surface area contributed by atoms with E-state index in [0.717, 1.165) is 36.2 Å². The summed E-state index contributed by atoms with van der Waals surface area (Å²) in [6, 6.07) is 14.8. The summed E-state index contributed by atoms with van der Waals surface area (Å²) in [6.45, 7) is 0. The molecule has 1 aliphatic rings. The molecule has 1 aromatic heterocycles. The van der Waals surface area contributed by atoms with Crippen molar-refractivity contribution in [2.45, 2.75) is 19.3 Å². The van der Waals surface area contributed by atoms with Gasteiger partial charge in [0.25, 0.3) is 5.91 Å². The van der Waals surface area contributed by atoms with Crippen LogP contribution in [0.3, 0.4) is 0 Å². The van der Waals surface area contributed by atoms with Crippen LogP contribution in [0, 0.1) is 0 Å². The Labute approximate surface area is 155 Å². The van der Waals surface area contributed by atoms with Crippen molar-refractivity contribution >= 4 is 34.9 Å². The second kappa shape index (κ2) is 6.54. The molecular formula is C19H15Cl2N3O. The maximum atomic E-state index is 12.8. The van der Waals surface area contributed by atoms with Crippen LogP contribution in [0.2, 0.25) is 10.0 Å². The molecular weight excluding hydrogens is 357 g/mol. The van der Waals surface area contributed by atoms with Gasteiger partial charge in [0.2, 0.25) is 0 Å². The maximum Gasteiger partial charge on any atom is 0.258 e. The molecule has 6 heteroatoms. The van der Waals surface area contributed by atoms with Gasteiger partial charge in [-0.1, -0.05) is 47.5 Å². The van der Waals surface area contributed by atoms with E-state index < -0.39 is 0 Å². The van der Waals surface area contributed by atoms with Crippen molar-refractivity contribution in [3.8, 4) is 5.69 Å². The zero-order valence-electron chi connectivity index (χ0n) is 13.3. The predicted octanol–water partition coefficient (Wildman–Crippen LogP) is 4.92. The highest BCUT2D eigenvalue weighted by molar-refractivity contribution is 6.44. The molecule has 1 amide bonds. The van der Waals surface area contributed by atoms with Crippen molar-refractivity contribution in [3.63, 3.8) is 0 Å². The summed E-state index contributed by atoms with van der Waals surface area (Å²) in [7, 11) is 0. The second-order valence-corrected chi connectivity index (χ2v) is 6.72. The Hall–Kier alpha value is -2.30. The number of anilines is 1. The Bertz CT molecular complexity index is 951. The molecule has 0 saturated carbocycles. The van der Waals surface area contributed by atoms with E-state index in [-0.39, 0.29) is 10.9 Å². The SMILES string of the molecule is O=C(Nc1c2c(nn1-c1ccccc1)CCC2)c1cccc(Cl)c1Cl. The van der Waals surface area contributed by atoms with Crippen molar-refractivity contribution in [3.05, 3.63) is 75.4 Å². The van der Waals surface area contributed by atoms with Gasteiger partial charge in [-0.2, -0.15) is 5.10 Å². The average molecular weight is 372 g/mol. The van der Waals surface area contributed by atoms with Gasteiger partial charge in [-0.05, 0) is 43.5 Å². The summed E-state index contributed by atoms with van der Waals surface area (Å²) >= 11 is 12.2. The molecule has 126 valence electrons. The van der Waals surface area contributed by atoms with Crippen LogP contribution in [0.15, 0.2) is 48.5 Å². The van der Waals surface area contributed by atoms with Crippen molar-refractivity contribution < 1.29 is 4.79 Å². The number of amides is 1. The van der Waals surface area contributed by atoms with Gasteiger partial charge in [-0.15, -0.1) is 0 Å². The van der Waals surface area contributed by atoms with Crippen LogP contribution >= 0.6 is 23.2 Å². The van der Waals surface area contributed by atoms with Gasteiger partial charge in [-0.25, -0.2) is 4.68 Å². The number of aromatic nitrogens is 2. The van der Waals surface area contributed by atoms with E-state index in [4.69, 9.17) is 28.3 Å².